The number of ether oxygens (including phenoxy) is 3. The lowest BCUT2D eigenvalue weighted by Crippen LogP contribution is -2.20. The molecule has 1 saturated carbocycles. The molecule has 4 rings (SSSR count). The van der Waals surface area contributed by atoms with Gasteiger partial charge in [-0.2, -0.15) is 0 Å². The van der Waals surface area contributed by atoms with Crippen LogP contribution in [0.1, 0.15) is 85.4 Å². The largest absolute Gasteiger partial charge is 0.494 e. The van der Waals surface area contributed by atoms with Crippen LogP contribution in [-0.4, -0.2) is 25.2 Å². The van der Waals surface area contributed by atoms with E-state index in [-0.39, 0.29) is 5.97 Å². The second-order valence-electron chi connectivity index (χ2n) is 10.0. The second kappa shape index (κ2) is 14.4. The van der Waals surface area contributed by atoms with Crippen LogP contribution in [0.25, 0.3) is 11.1 Å². The second-order valence-corrected chi connectivity index (χ2v) is 10.0. The van der Waals surface area contributed by atoms with Crippen molar-refractivity contribution in [2.75, 3.05) is 13.2 Å². The molecule has 1 aliphatic carbocycles. The number of esters is 2. The molecule has 0 N–H and O–H groups in total. The standard InChI is InChI=1S/C33H38O5/c1-2-3-4-5-6-7-23-36-30-19-15-27(16-20-30)26-11-13-29(14-12-26)33(35)38-31-21-17-28(18-22-31)32(34)37-24-25-9-8-10-25/h11-22,25H,2-10,23-24H2,1H3. The Hall–Kier alpha value is -3.60. The fourth-order valence-electron chi connectivity index (χ4n) is 4.38. The Balaban J connectivity index is 1.22. The Morgan fingerprint density at radius 2 is 1.24 bits per heavy atom. The molecular weight excluding hydrogens is 476 g/mol. The zero-order valence-electron chi connectivity index (χ0n) is 22.3. The van der Waals surface area contributed by atoms with E-state index in [1.54, 1.807) is 36.4 Å². The summed E-state index contributed by atoms with van der Waals surface area (Å²) in [5.74, 6) is 0.961. The minimum Gasteiger partial charge on any atom is -0.494 e. The van der Waals surface area contributed by atoms with E-state index < -0.39 is 5.97 Å². The summed E-state index contributed by atoms with van der Waals surface area (Å²) < 4.78 is 16.7. The molecule has 0 aromatic heterocycles. The van der Waals surface area contributed by atoms with Crippen molar-refractivity contribution in [2.24, 2.45) is 5.92 Å². The molecular formula is C33H38O5. The highest BCUT2D eigenvalue weighted by molar-refractivity contribution is 5.92. The predicted molar refractivity (Wildman–Crippen MR) is 150 cm³/mol. The van der Waals surface area contributed by atoms with Gasteiger partial charge in [0, 0.05) is 0 Å². The Labute approximate surface area is 226 Å². The van der Waals surface area contributed by atoms with E-state index in [1.165, 1.54) is 38.5 Å². The molecule has 3 aromatic carbocycles. The molecule has 0 unspecified atom stereocenters. The van der Waals surface area contributed by atoms with Gasteiger partial charge < -0.3 is 14.2 Å². The maximum absolute atomic E-state index is 12.6. The van der Waals surface area contributed by atoms with E-state index in [0.29, 0.717) is 29.4 Å². The normalized spacial score (nSPS) is 13.0. The summed E-state index contributed by atoms with van der Waals surface area (Å²) in [4.78, 5) is 24.8. The van der Waals surface area contributed by atoms with Crippen molar-refractivity contribution in [1.82, 2.24) is 0 Å². The first-order chi connectivity index (χ1) is 18.6. The Kier molecular flexibility index (Phi) is 10.4. The van der Waals surface area contributed by atoms with Gasteiger partial charge in [-0.05, 0) is 84.8 Å². The first-order valence-corrected chi connectivity index (χ1v) is 13.9. The molecule has 3 aromatic rings. The van der Waals surface area contributed by atoms with E-state index in [0.717, 1.165) is 42.7 Å². The van der Waals surface area contributed by atoms with Gasteiger partial charge in [-0.3, -0.25) is 0 Å². The molecule has 38 heavy (non-hydrogen) atoms. The number of carbonyl (C=O) groups is 2. The number of unbranched alkanes of at least 4 members (excludes halogenated alkanes) is 5. The molecule has 200 valence electrons. The zero-order valence-corrected chi connectivity index (χ0v) is 22.3. The van der Waals surface area contributed by atoms with E-state index in [1.807, 2.05) is 36.4 Å². The number of rotatable bonds is 14. The van der Waals surface area contributed by atoms with Crippen LogP contribution in [-0.2, 0) is 4.74 Å². The van der Waals surface area contributed by atoms with Crippen LogP contribution >= 0.6 is 0 Å². The fourth-order valence-corrected chi connectivity index (χ4v) is 4.38. The SMILES string of the molecule is CCCCCCCCOc1ccc(-c2ccc(C(=O)Oc3ccc(C(=O)OCC4CCC4)cc3)cc2)cc1. The molecule has 5 nitrogen and oxygen atoms in total. The Morgan fingerprint density at radius 3 is 1.87 bits per heavy atom. The van der Waals surface area contributed by atoms with E-state index in [4.69, 9.17) is 14.2 Å². The Morgan fingerprint density at radius 1 is 0.684 bits per heavy atom. The smallest absolute Gasteiger partial charge is 0.343 e. The van der Waals surface area contributed by atoms with Gasteiger partial charge in [0.05, 0.1) is 24.3 Å². The summed E-state index contributed by atoms with van der Waals surface area (Å²) in [5.41, 5.74) is 2.97. The van der Waals surface area contributed by atoms with Crippen molar-refractivity contribution >= 4 is 11.9 Å². The molecule has 1 fully saturated rings. The molecule has 0 atom stereocenters. The van der Waals surface area contributed by atoms with Crippen LogP contribution in [0.5, 0.6) is 11.5 Å². The van der Waals surface area contributed by atoms with Crippen LogP contribution in [0.2, 0.25) is 0 Å². The van der Waals surface area contributed by atoms with E-state index in [2.05, 4.69) is 6.92 Å². The monoisotopic (exact) mass is 514 g/mol. The summed E-state index contributed by atoms with van der Waals surface area (Å²) in [5, 5.41) is 0. The quantitative estimate of drug-likeness (QED) is 0.123. The van der Waals surface area contributed by atoms with E-state index in [9.17, 15) is 9.59 Å². The highest BCUT2D eigenvalue weighted by atomic mass is 16.5. The van der Waals surface area contributed by atoms with Crippen LogP contribution in [0, 0.1) is 5.92 Å². The third-order valence-corrected chi connectivity index (χ3v) is 7.05. The van der Waals surface area contributed by atoms with Crippen molar-refractivity contribution in [3.8, 4) is 22.6 Å². The summed E-state index contributed by atoms with van der Waals surface area (Å²) in [7, 11) is 0. The van der Waals surface area contributed by atoms with E-state index >= 15 is 0 Å². The lowest BCUT2D eigenvalue weighted by molar-refractivity contribution is 0.0371. The highest BCUT2D eigenvalue weighted by Crippen LogP contribution is 2.27. The number of benzene rings is 3. The first-order valence-electron chi connectivity index (χ1n) is 13.9. The zero-order chi connectivity index (χ0) is 26.6. The maximum Gasteiger partial charge on any atom is 0.343 e. The van der Waals surface area contributed by atoms with Crippen molar-refractivity contribution in [3.63, 3.8) is 0 Å². The van der Waals surface area contributed by atoms with Gasteiger partial charge in [-0.25, -0.2) is 9.59 Å². The summed E-state index contributed by atoms with van der Waals surface area (Å²) in [6, 6.07) is 21.8. The highest BCUT2D eigenvalue weighted by Gasteiger charge is 2.19. The Bertz CT molecular complexity index is 1150. The lowest BCUT2D eigenvalue weighted by atomic mass is 9.86. The molecule has 0 bridgehead atoms. The van der Waals surface area contributed by atoms with Gasteiger partial charge in [0.15, 0.2) is 0 Å². The van der Waals surface area contributed by atoms with Crippen LogP contribution in [0.3, 0.4) is 0 Å². The average molecular weight is 515 g/mol. The molecule has 0 spiro atoms. The summed E-state index contributed by atoms with van der Waals surface area (Å²) in [6.45, 7) is 3.45. The summed E-state index contributed by atoms with van der Waals surface area (Å²) in [6.07, 6.45) is 11.0. The molecule has 0 radical (unpaired) electrons. The van der Waals surface area contributed by atoms with Gasteiger partial charge in [0.1, 0.15) is 11.5 Å². The third kappa shape index (κ3) is 8.20. The first kappa shape index (κ1) is 27.4. The van der Waals surface area contributed by atoms with Gasteiger partial charge in [-0.15, -0.1) is 0 Å². The van der Waals surface area contributed by atoms with Gasteiger partial charge in [-0.1, -0.05) is 69.7 Å². The third-order valence-electron chi connectivity index (χ3n) is 7.05. The number of carbonyl (C=O) groups excluding carboxylic acids is 2. The fraction of sp³-hybridized carbons (Fsp3) is 0.394. The van der Waals surface area contributed by atoms with Gasteiger partial charge in [0.2, 0.25) is 0 Å². The molecule has 5 heteroatoms. The van der Waals surface area contributed by atoms with Gasteiger partial charge in [0.25, 0.3) is 0 Å². The van der Waals surface area contributed by atoms with Gasteiger partial charge >= 0.3 is 11.9 Å². The van der Waals surface area contributed by atoms with Crippen molar-refractivity contribution < 1.29 is 23.8 Å². The van der Waals surface area contributed by atoms with Crippen LogP contribution in [0.4, 0.5) is 0 Å². The number of hydrogen-bond acceptors (Lipinski definition) is 5. The predicted octanol–water partition coefficient (Wildman–Crippen LogP) is 8.27. The van der Waals surface area contributed by atoms with Crippen molar-refractivity contribution in [1.29, 1.82) is 0 Å². The van der Waals surface area contributed by atoms with Crippen molar-refractivity contribution in [3.05, 3.63) is 83.9 Å². The minimum atomic E-state index is -0.449. The number of hydrogen-bond donors (Lipinski definition) is 0. The molecule has 1 aliphatic rings. The molecule has 0 amide bonds. The van der Waals surface area contributed by atoms with Crippen LogP contribution < -0.4 is 9.47 Å². The molecule has 0 aliphatic heterocycles. The average Bonchev–Trinajstić information content (AvgIpc) is 2.92. The molecule has 0 heterocycles. The van der Waals surface area contributed by atoms with Crippen molar-refractivity contribution in [2.45, 2.75) is 64.7 Å². The topological polar surface area (TPSA) is 61.8 Å². The molecule has 0 saturated heterocycles. The summed E-state index contributed by atoms with van der Waals surface area (Å²) >= 11 is 0. The maximum atomic E-state index is 12.6. The minimum absolute atomic E-state index is 0.345. The lowest BCUT2D eigenvalue weighted by Gasteiger charge is -2.24. The van der Waals surface area contributed by atoms with Crippen LogP contribution in [0.15, 0.2) is 72.8 Å².